The van der Waals surface area contributed by atoms with E-state index in [0.717, 1.165) is 8.04 Å². The lowest BCUT2D eigenvalue weighted by molar-refractivity contribution is -0.115. The van der Waals surface area contributed by atoms with E-state index >= 15 is 0 Å². The molecule has 1 atom stereocenters. The quantitative estimate of drug-likeness (QED) is 0.679. The maximum atomic E-state index is 12.1. The minimum atomic E-state index is -2.61. The number of hydrogen-bond acceptors (Lipinski definition) is 2. The minimum Gasteiger partial charge on any atom is -0.272 e. The number of benzene rings is 1. The Hall–Kier alpha value is 0.0500. The average molecular weight is 402 g/mol. The number of carbonyl (C=O) groups excluding carboxylic acids is 1. The van der Waals surface area contributed by atoms with Crippen molar-refractivity contribution < 1.29 is 9.00 Å². The molecule has 0 aliphatic carbocycles. The van der Waals surface area contributed by atoms with E-state index in [2.05, 4.69) is 42.9 Å². The Labute approximate surface area is 111 Å². The van der Waals surface area contributed by atoms with Gasteiger partial charge in [-0.2, -0.15) is 4.36 Å². The Bertz CT molecular complexity index is 521. The zero-order valence-corrected chi connectivity index (χ0v) is 12.7. The highest BCUT2D eigenvalue weighted by Crippen LogP contribution is 2.23. The van der Waals surface area contributed by atoms with Gasteiger partial charge >= 0.3 is 0 Å². The molecule has 0 aromatic heterocycles. The standard InChI is InChI=1S/C9H9BrINO2S/c1-6(13)12-15(2,14)9-4-3-7(10)5-8(9)11/h3-5H,1-2H3. The molecule has 82 valence electrons. The van der Waals surface area contributed by atoms with Crippen LogP contribution in [0.1, 0.15) is 6.92 Å². The molecule has 1 aromatic rings. The molecule has 0 fully saturated rings. The first-order valence-corrected chi connectivity index (χ1v) is 7.80. The smallest absolute Gasteiger partial charge is 0.250 e. The van der Waals surface area contributed by atoms with Crippen molar-refractivity contribution in [2.75, 3.05) is 6.26 Å². The molecule has 1 amide bonds. The van der Waals surface area contributed by atoms with Crippen molar-refractivity contribution in [2.45, 2.75) is 11.8 Å². The molecule has 15 heavy (non-hydrogen) atoms. The van der Waals surface area contributed by atoms with Crippen LogP contribution in [0.25, 0.3) is 0 Å². The summed E-state index contributed by atoms with van der Waals surface area (Å²) in [5.74, 6) is -0.416. The molecule has 0 saturated carbocycles. The summed E-state index contributed by atoms with van der Waals surface area (Å²) in [4.78, 5) is 11.5. The van der Waals surface area contributed by atoms with Crippen LogP contribution in [0, 0.1) is 3.57 Å². The number of amides is 1. The molecule has 6 heteroatoms. The molecular formula is C9H9BrINO2S. The molecule has 0 N–H and O–H groups in total. The fraction of sp³-hybridized carbons (Fsp3) is 0.222. The summed E-state index contributed by atoms with van der Waals surface area (Å²) in [6.45, 7) is 1.30. The van der Waals surface area contributed by atoms with Crippen LogP contribution in [0.4, 0.5) is 0 Å². The minimum absolute atomic E-state index is 0.416. The van der Waals surface area contributed by atoms with Crippen molar-refractivity contribution in [3.05, 3.63) is 26.2 Å². The first-order chi connectivity index (χ1) is 6.83. The number of rotatable bonds is 1. The molecule has 0 aliphatic rings. The van der Waals surface area contributed by atoms with E-state index in [1.54, 1.807) is 12.1 Å². The SMILES string of the molecule is CC(=O)N=S(C)(=O)c1ccc(Br)cc1I. The van der Waals surface area contributed by atoms with Gasteiger partial charge in [0, 0.05) is 21.2 Å². The van der Waals surface area contributed by atoms with E-state index in [1.807, 2.05) is 6.07 Å². The largest absolute Gasteiger partial charge is 0.272 e. The van der Waals surface area contributed by atoms with Crippen LogP contribution in [0.2, 0.25) is 0 Å². The van der Waals surface area contributed by atoms with Gasteiger partial charge in [0.05, 0.1) is 14.6 Å². The molecule has 1 rings (SSSR count). The molecule has 1 aromatic carbocycles. The molecule has 0 bridgehead atoms. The monoisotopic (exact) mass is 401 g/mol. The van der Waals surface area contributed by atoms with Crippen LogP contribution < -0.4 is 0 Å². The highest BCUT2D eigenvalue weighted by Gasteiger charge is 2.11. The second-order valence-corrected chi connectivity index (χ2v) is 7.29. The zero-order valence-electron chi connectivity index (χ0n) is 8.16. The third kappa shape index (κ3) is 3.53. The summed E-state index contributed by atoms with van der Waals surface area (Å²) in [7, 11) is -2.61. The Morgan fingerprint density at radius 3 is 2.60 bits per heavy atom. The third-order valence-electron chi connectivity index (χ3n) is 1.60. The molecule has 0 spiro atoms. The Morgan fingerprint density at radius 2 is 2.13 bits per heavy atom. The van der Waals surface area contributed by atoms with Gasteiger partial charge in [0.1, 0.15) is 0 Å². The Kier molecular flexibility index (Phi) is 4.30. The van der Waals surface area contributed by atoms with Crippen molar-refractivity contribution in [1.82, 2.24) is 0 Å². The van der Waals surface area contributed by atoms with E-state index in [9.17, 15) is 9.00 Å². The lowest BCUT2D eigenvalue weighted by Crippen LogP contribution is -2.03. The van der Waals surface area contributed by atoms with Crippen LogP contribution >= 0.6 is 38.5 Å². The Morgan fingerprint density at radius 1 is 1.53 bits per heavy atom. The van der Waals surface area contributed by atoms with Gasteiger partial charge in [-0.15, -0.1) is 0 Å². The lowest BCUT2D eigenvalue weighted by atomic mass is 10.4. The lowest BCUT2D eigenvalue weighted by Gasteiger charge is -2.06. The highest BCUT2D eigenvalue weighted by molar-refractivity contribution is 14.1. The predicted molar refractivity (Wildman–Crippen MR) is 72.3 cm³/mol. The van der Waals surface area contributed by atoms with Crippen LogP contribution in [-0.2, 0) is 14.5 Å². The molecule has 0 aliphatic heterocycles. The maximum absolute atomic E-state index is 12.1. The average Bonchev–Trinajstić information content (AvgIpc) is 1.99. The van der Waals surface area contributed by atoms with Gasteiger partial charge in [0.25, 0.3) is 5.91 Å². The molecule has 1 unspecified atom stereocenters. The van der Waals surface area contributed by atoms with Crippen molar-refractivity contribution in [3.63, 3.8) is 0 Å². The van der Waals surface area contributed by atoms with E-state index < -0.39 is 15.6 Å². The zero-order chi connectivity index (χ0) is 11.6. The summed E-state index contributed by atoms with van der Waals surface area (Å²) in [5, 5.41) is 0. The summed E-state index contributed by atoms with van der Waals surface area (Å²) >= 11 is 5.40. The number of nitrogens with zero attached hydrogens (tertiary/aromatic N) is 1. The normalized spacial score (nSPS) is 14.4. The predicted octanol–water partition coefficient (Wildman–Crippen LogP) is 3.06. The molecule has 3 nitrogen and oxygen atoms in total. The summed E-state index contributed by atoms with van der Waals surface area (Å²) in [5.41, 5.74) is 0. The maximum Gasteiger partial charge on any atom is 0.250 e. The van der Waals surface area contributed by atoms with Gasteiger partial charge < -0.3 is 0 Å². The fourth-order valence-electron chi connectivity index (χ4n) is 1.08. The topological polar surface area (TPSA) is 46.5 Å². The first-order valence-electron chi connectivity index (χ1n) is 4.01. The van der Waals surface area contributed by atoms with Crippen LogP contribution in [-0.4, -0.2) is 16.4 Å². The second kappa shape index (κ2) is 4.92. The van der Waals surface area contributed by atoms with Gasteiger partial charge in [-0.05, 0) is 40.8 Å². The number of hydrogen-bond donors (Lipinski definition) is 0. The molecule has 0 heterocycles. The molecular weight excluding hydrogens is 393 g/mol. The number of halogens is 2. The Balaban J connectivity index is 3.41. The van der Waals surface area contributed by atoms with Crippen molar-refractivity contribution >= 4 is 54.2 Å². The van der Waals surface area contributed by atoms with Gasteiger partial charge in [-0.3, -0.25) is 4.79 Å². The van der Waals surface area contributed by atoms with Crippen molar-refractivity contribution in [1.29, 1.82) is 0 Å². The fourth-order valence-corrected chi connectivity index (χ4v) is 4.94. The van der Waals surface area contributed by atoms with Crippen molar-refractivity contribution in [3.8, 4) is 0 Å². The highest BCUT2D eigenvalue weighted by atomic mass is 127. The molecule has 0 saturated heterocycles. The summed E-state index contributed by atoms with van der Waals surface area (Å²) in [6.07, 6.45) is 1.47. The van der Waals surface area contributed by atoms with E-state index in [1.165, 1.54) is 13.2 Å². The van der Waals surface area contributed by atoms with Crippen LogP contribution in [0.5, 0.6) is 0 Å². The second-order valence-electron chi connectivity index (χ2n) is 2.99. The van der Waals surface area contributed by atoms with Crippen molar-refractivity contribution in [2.24, 2.45) is 4.36 Å². The van der Waals surface area contributed by atoms with E-state index in [-0.39, 0.29) is 0 Å². The van der Waals surface area contributed by atoms with Crippen LogP contribution in [0.3, 0.4) is 0 Å². The van der Waals surface area contributed by atoms with Crippen LogP contribution in [0.15, 0.2) is 31.9 Å². The number of carbonyl (C=O) groups is 1. The summed E-state index contributed by atoms with van der Waals surface area (Å²) in [6, 6.07) is 5.35. The van der Waals surface area contributed by atoms with Gasteiger partial charge in [0.15, 0.2) is 0 Å². The first kappa shape index (κ1) is 13.1. The third-order valence-corrected chi connectivity index (χ3v) is 5.13. The van der Waals surface area contributed by atoms with Gasteiger partial charge in [0.2, 0.25) is 0 Å². The van der Waals surface area contributed by atoms with Gasteiger partial charge in [-0.1, -0.05) is 15.9 Å². The van der Waals surface area contributed by atoms with E-state index in [0.29, 0.717) is 4.90 Å². The van der Waals surface area contributed by atoms with E-state index in [4.69, 9.17) is 0 Å². The molecule has 0 radical (unpaired) electrons. The van der Waals surface area contributed by atoms with Gasteiger partial charge in [-0.25, -0.2) is 4.21 Å². The summed E-state index contributed by atoms with van der Waals surface area (Å²) < 4.78 is 17.5.